The SMILES string of the molecule is O=C(NCc1ccco1)C1CCC(N2C(=O)[C@@H]3[C@@H]4CC[C@@H](C4)[C@@H]3C2=O)CC1. The first-order valence-electron chi connectivity index (χ1n) is 10.3. The third-order valence-electron chi connectivity index (χ3n) is 7.41. The van der Waals surface area contributed by atoms with Gasteiger partial charge in [-0.1, -0.05) is 0 Å². The highest BCUT2D eigenvalue weighted by molar-refractivity contribution is 6.06. The van der Waals surface area contributed by atoms with E-state index in [1.165, 1.54) is 0 Å². The van der Waals surface area contributed by atoms with Crippen LogP contribution in [-0.4, -0.2) is 28.7 Å². The van der Waals surface area contributed by atoms with E-state index in [2.05, 4.69) is 5.32 Å². The average molecular weight is 370 g/mol. The van der Waals surface area contributed by atoms with Crippen molar-refractivity contribution < 1.29 is 18.8 Å². The Kier molecular flexibility index (Phi) is 4.10. The molecule has 3 saturated carbocycles. The number of amides is 3. The molecular weight excluding hydrogens is 344 g/mol. The van der Waals surface area contributed by atoms with Crippen molar-refractivity contribution in [1.29, 1.82) is 0 Å². The quantitative estimate of drug-likeness (QED) is 0.826. The number of likely N-dealkylation sites (tertiary alicyclic amines) is 1. The van der Waals surface area contributed by atoms with E-state index in [1.54, 1.807) is 17.2 Å². The minimum Gasteiger partial charge on any atom is -0.467 e. The average Bonchev–Trinajstić information content (AvgIpc) is 3.45. The van der Waals surface area contributed by atoms with Crippen molar-refractivity contribution in [1.82, 2.24) is 10.2 Å². The molecule has 27 heavy (non-hydrogen) atoms. The molecule has 1 aromatic heterocycles. The Balaban J connectivity index is 1.18. The summed E-state index contributed by atoms with van der Waals surface area (Å²) in [7, 11) is 0. The molecule has 4 fully saturated rings. The molecule has 4 atom stereocenters. The van der Waals surface area contributed by atoms with Crippen molar-refractivity contribution in [3.63, 3.8) is 0 Å². The van der Waals surface area contributed by atoms with Crippen LogP contribution in [0.2, 0.25) is 0 Å². The maximum absolute atomic E-state index is 13.0. The fourth-order valence-corrected chi connectivity index (χ4v) is 6.12. The first-order valence-corrected chi connectivity index (χ1v) is 10.3. The smallest absolute Gasteiger partial charge is 0.233 e. The van der Waals surface area contributed by atoms with Crippen molar-refractivity contribution in [2.24, 2.45) is 29.6 Å². The predicted octanol–water partition coefficient (Wildman–Crippen LogP) is 2.49. The number of hydrogen-bond donors (Lipinski definition) is 1. The highest BCUT2D eigenvalue weighted by atomic mass is 16.3. The predicted molar refractivity (Wildman–Crippen MR) is 96.0 cm³/mol. The maximum atomic E-state index is 13.0. The van der Waals surface area contributed by atoms with Crippen molar-refractivity contribution in [3.05, 3.63) is 24.2 Å². The van der Waals surface area contributed by atoms with Crippen LogP contribution in [-0.2, 0) is 20.9 Å². The van der Waals surface area contributed by atoms with Crippen LogP contribution in [0.3, 0.4) is 0 Å². The molecular formula is C21H26N2O4. The lowest BCUT2D eigenvalue weighted by atomic mass is 9.81. The van der Waals surface area contributed by atoms with Gasteiger partial charge in [0.05, 0.1) is 24.6 Å². The molecule has 4 aliphatic rings. The molecule has 6 nitrogen and oxygen atoms in total. The van der Waals surface area contributed by atoms with E-state index in [-0.39, 0.29) is 41.5 Å². The molecule has 0 radical (unpaired) electrons. The van der Waals surface area contributed by atoms with E-state index in [9.17, 15) is 14.4 Å². The molecule has 0 aromatic carbocycles. The van der Waals surface area contributed by atoms with Gasteiger partial charge in [0.15, 0.2) is 0 Å². The van der Waals surface area contributed by atoms with Gasteiger partial charge in [-0.2, -0.15) is 0 Å². The zero-order valence-electron chi connectivity index (χ0n) is 15.4. The lowest BCUT2D eigenvalue weighted by molar-refractivity contribution is -0.144. The van der Waals surface area contributed by atoms with E-state index in [4.69, 9.17) is 4.42 Å². The molecule has 1 aliphatic heterocycles. The number of carbonyl (C=O) groups is 3. The van der Waals surface area contributed by atoms with Gasteiger partial charge in [0.25, 0.3) is 0 Å². The van der Waals surface area contributed by atoms with E-state index in [1.807, 2.05) is 6.07 Å². The highest BCUT2D eigenvalue weighted by Crippen LogP contribution is 2.56. The number of imide groups is 1. The van der Waals surface area contributed by atoms with Crippen LogP contribution < -0.4 is 5.32 Å². The van der Waals surface area contributed by atoms with Crippen molar-refractivity contribution in [2.45, 2.75) is 57.5 Å². The first kappa shape index (κ1) is 17.0. The van der Waals surface area contributed by atoms with Crippen molar-refractivity contribution in [3.8, 4) is 0 Å². The van der Waals surface area contributed by atoms with Crippen LogP contribution in [0.25, 0.3) is 0 Å². The van der Waals surface area contributed by atoms with Gasteiger partial charge in [-0.15, -0.1) is 0 Å². The Labute approximate surface area is 158 Å². The van der Waals surface area contributed by atoms with Crippen LogP contribution in [0.1, 0.15) is 50.7 Å². The number of hydrogen-bond acceptors (Lipinski definition) is 4. The molecule has 3 aliphatic carbocycles. The monoisotopic (exact) mass is 370 g/mol. The topological polar surface area (TPSA) is 79.6 Å². The Bertz CT molecular complexity index is 722. The standard InChI is InChI=1S/C21H26N2O4/c24-19(22-11-16-2-1-9-27-16)12-5-7-15(8-6-12)23-20(25)17-13-3-4-14(10-13)18(17)21(23)26/h1-2,9,12-15,17-18H,3-8,10-11H2,(H,22,24)/t12?,13-,14+,15?,17-,18+. The van der Waals surface area contributed by atoms with Gasteiger partial charge in [0.2, 0.25) is 17.7 Å². The number of nitrogens with one attached hydrogen (secondary N) is 1. The van der Waals surface area contributed by atoms with E-state index in [0.717, 1.165) is 50.7 Å². The molecule has 0 unspecified atom stereocenters. The summed E-state index contributed by atoms with van der Waals surface area (Å²) in [5.74, 6) is 1.71. The largest absolute Gasteiger partial charge is 0.467 e. The number of nitrogens with zero attached hydrogens (tertiary/aromatic N) is 1. The molecule has 6 heteroatoms. The minimum absolute atomic E-state index is 0.0101. The van der Waals surface area contributed by atoms with E-state index in [0.29, 0.717) is 18.4 Å². The van der Waals surface area contributed by atoms with Crippen LogP contribution in [0, 0.1) is 29.6 Å². The zero-order valence-corrected chi connectivity index (χ0v) is 15.4. The lowest BCUT2D eigenvalue weighted by Gasteiger charge is -2.33. The number of fused-ring (bicyclic) bond motifs is 5. The second-order valence-corrected chi connectivity index (χ2v) is 8.73. The van der Waals surface area contributed by atoms with Crippen LogP contribution in [0.15, 0.2) is 22.8 Å². The maximum Gasteiger partial charge on any atom is 0.233 e. The van der Waals surface area contributed by atoms with Crippen LogP contribution in [0.5, 0.6) is 0 Å². The molecule has 0 spiro atoms. The Morgan fingerprint density at radius 1 is 1.04 bits per heavy atom. The number of carbonyl (C=O) groups excluding carboxylic acids is 3. The summed E-state index contributed by atoms with van der Waals surface area (Å²) in [4.78, 5) is 39.9. The lowest BCUT2D eigenvalue weighted by Crippen LogP contribution is -2.45. The second kappa shape index (κ2) is 6.50. The van der Waals surface area contributed by atoms with E-state index >= 15 is 0 Å². The van der Waals surface area contributed by atoms with E-state index < -0.39 is 0 Å². The van der Waals surface area contributed by atoms with Gasteiger partial charge >= 0.3 is 0 Å². The normalized spacial score (nSPS) is 37.7. The summed E-state index contributed by atoms with van der Waals surface area (Å²) in [6.07, 6.45) is 7.84. The molecule has 2 heterocycles. The van der Waals surface area contributed by atoms with Gasteiger partial charge in [0.1, 0.15) is 5.76 Å². The summed E-state index contributed by atoms with van der Waals surface area (Å²) in [5.41, 5.74) is 0. The Morgan fingerprint density at radius 2 is 1.70 bits per heavy atom. The van der Waals surface area contributed by atoms with Gasteiger partial charge in [-0.25, -0.2) is 0 Å². The molecule has 5 rings (SSSR count). The summed E-state index contributed by atoms with van der Waals surface area (Å²) in [5, 5.41) is 2.93. The second-order valence-electron chi connectivity index (χ2n) is 8.73. The minimum atomic E-state index is -0.0419. The molecule has 1 saturated heterocycles. The Hall–Kier alpha value is -2.11. The zero-order chi connectivity index (χ0) is 18.5. The summed E-state index contributed by atoms with van der Waals surface area (Å²) in [6.45, 7) is 0.404. The van der Waals surface area contributed by atoms with Crippen molar-refractivity contribution in [2.75, 3.05) is 0 Å². The highest BCUT2D eigenvalue weighted by Gasteiger charge is 2.61. The molecule has 2 bridgehead atoms. The first-order chi connectivity index (χ1) is 13.1. The molecule has 3 amide bonds. The van der Waals surface area contributed by atoms with Gasteiger partial charge < -0.3 is 9.73 Å². The molecule has 144 valence electrons. The van der Waals surface area contributed by atoms with Gasteiger partial charge in [-0.3, -0.25) is 19.3 Å². The summed E-state index contributed by atoms with van der Waals surface area (Å²) < 4.78 is 5.24. The number of furan rings is 1. The molecule has 1 aromatic rings. The summed E-state index contributed by atoms with van der Waals surface area (Å²) >= 11 is 0. The fourth-order valence-electron chi connectivity index (χ4n) is 6.12. The summed E-state index contributed by atoms with van der Waals surface area (Å²) in [6, 6.07) is 3.63. The van der Waals surface area contributed by atoms with Crippen LogP contribution >= 0.6 is 0 Å². The molecule has 1 N–H and O–H groups in total. The Morgan fingerprint density at radius 3 is 2.30 bits per heavy atom. The fraction of sp³-hybridized carbons (Fsp3) is 0.667. The third-order valence-corrected chi connectivity index (χ3v) is 7.41. The number of rotatable bonds is 4. The third kappa shape index (κ3) is 2.72. The van der Waals surface area contributed by atoms with Gasteiger partial charge in [0, 0.05) is 12.0 Å². The van der Waals surface area contributed by atoms with Gasteiger partial charge in [-0.05, 0) is 68.9 Å². The van der Waals surface area contributed by atoms with Crippen LogP contribution in [0.4, 0.5) is 0 Å². The van der Waals surface area contributed by atoms with Crippen molar-refractivity contribution >= 4 is 17.7 Å².